The fraction of sp³-hybridized carbons (Fsp3) is 0.769. The highest BCUT2D eigenvalue weighted by Crippen LogP contribution is 2.07. The highest BCUT2D eigenvalue weighted by Gasteiger charge is 2.19. The fourth-order valence-corrected chi connectivity index (χ4v) is 2.50. The molecule has 1 unspecified atom stereocenters. The van der Waals surface area contributed by atoms with Gasteiger partial charge in [0.25, 0.3) is 0 Å². The molecule has 0 aromatic carbocycles. The van der Waals surface area contributed by atoms with Gasteiger partial charge in [0.05, 0.1) is 0 Å². The summed E-state index contributed by atoms with van der Waals surface area (Å²) in [5.74, 6) is 0. The summed E-state index contributed by atoms with van der Waals surface area (Å²) in [7, 11) is 2.01. The van der Waals surface area contributed by atoms with Crippen LogP contribution in [0.25, 0.3) is 0 Å². The summed E-state index contributed by atoms with van der Waals surface area (Å²) < 4.78 is 1.97. The normalized spacial score (nSPS) is 20.2. The molecule has 102 valence electrons. The lowest BCUT2D eigenvalue weighted by Gasteiger charge is -2.37. The molecule has 5 nitrogen and oxygen atoms in total. The lowest BCUT2D eigenvalue weighted by atomic mass is 10.2. The van der Waals surface area contributed by atoms with E-state index in [0.717, 1.165) is 45.7 Å². The van der Waals surface area contributed by atoms with E-state index in [2.05, 4.69) is 27.9 Å². The number of nitrogens with zero attached hydrogens (tertiary/aromatic N) is 4. The maximum atomic E-state index is 5.71. The van der Waals surface area contributed by atoms with Crippen LogP contribution in [0.4, 0.5) is 0 Å². The van der Waals surface area contributed by atoms with Gasteiger partial charge in [-0.3, -0.25) is 9.58 Å². The minimum absolute atomic E-state index is 0.518. The first kappa shape index (κ1) is 13.5. The molecule has 0 amide bonds. The molecule has 1 aromatic heterocycles. The SMILES string of the molecule is CC(CN)N1CCN(CCc2ccnn2C)CC1. The lowest BCUT2D eigenvalue weighted by molar-refractivity contribution is 0.105. The minimum atomic E-state index is 0.518. The molecule has 0 radical (unpaired) electrons. The molecule has 1 aliphatic rings. The highest BCUT2D eigenvalue weighted by molar-refractivity contribution is 5.00. The Balaban J connectivity index is 1.72. The van der Waals surface area contributed by atoms with Crippen LogP contribution >= 0.6 is 0 Å². The maximum Gasteiger partial charge on any atom is 0.0492 e. The predicted molar refractivity (Wildman–Crippen MR) is 73.4 cm³/mol. The van der Waals surface area contributed by atoms with Gasteiger partial charge < -0.3 is 10.6 Å². The first-order chi connectivity index (χ1) is 8.70. The second-order valence-electron chi connectivity index (χ2n) is 5.16. The number of rotatable bonds is 5. The highest BCUT2D eigenvalue weighted by atomic mass is 15.3. The second kappa shape index (κ2) is 6.31. The van der Waals surface area contributed by atoms with E-state index in [1.54, 1.807) is 0 Å². The van der Waals surface area contributed by atoms with Crippen LogP contribution in [0.1, 0.15) is 12.6 Å². The van der Waals surface area contributed by atoms with Gasteiger partial charge in [-0.15, -0.1) is 0 Å². The van der Waals surface area contributed by atoms with Crippen LogP contribution in [0.3, 0.4) is 0 Å². The Labute approximate surface area is 110 Å². The van der Waals surface area contributed by atoms with Gasteiger partial charge in [-0.25, -0.2) is 0 Å². The van der Waals surface area contributed by atoms with Crippen molar-refractivity contribution in [3.05, 3.63) is 18.0 Å². The molecule has 5 heteroatoms. The van der Waals surface area contributed by atoms with Gasteiger partial charge in [-0.1, -0.05) is 0 Å². The molecule has 1 aliphatic heterocycles. The van der Waals surface area contributed by atoms with Gasteiger partial charge in [0.2, 0.25) is 0 Å². The summed E-state index contributed by atoms with van der Waals surface area (Å²) >= 11 is 0. The Morgan fingerprint density at radius 1 is 1.33 bits per heavy atom. The van der Waals surface area contributed by atoms with Gasteiger partial charge in [0.15, 0.2) is 0 Å². The van der Waals surface area contributed by atoms with Crippen molar-refractivity contribution in [2.24, 2.45) is 12.8 Å². The van der Waals surface area contributed by atoms with E-state index in [0.29, 0.717) is 6.04 Å². The van der Waals surface area contributed by atoms with Gasteiger partial charge in [-0.2, -0.15) is 5.10 Å². The zero-order chi connectivity index (χ0) is 13.0. The lowest BCUT2D eigenvalue weighted by Crippen LogP contribution is -2.51. The van der Waals surface area contributed by atoms with Crippen LogP contribution in [-0.4, -0.2) is 64.9 Å². The Hall–Kier alpha value is -0.910. The number of aryl methyl sites for hydroxylation is 1. The van der Waals surface area contributed by atoms with Crippen LogP contribution in [-0.2, 0) is 13.5 Å². The third-order valence-electron chi connectivity index (χ3n) is 3.98. The molecule has 1 fully saturated rings. The monoisotopic (exact) mass is 251 g/mol. The number of hydrogen-bond donors (Lipinski definition) is 1. The standard InChI is InChI=1S/C13H25N5/c1-12(11-14)18-9-7-17(8-10-18)6-4-13-3-5-15-16(13)2/h3,5,12H,4,6-11,14H2,1-2H3. The van der Waals surface area contributed by atoms with E-state index in [9.17, 15) is 0 Å². The maximum absolute atomic E-state index is 5.71. The van der Waals surface area contributed by atoms with Crippen LogP contribution in [0.15, 0.2) is 12.3 Å². The first-order valence-electron chi connectivity index (χ1n) is 6.84. The predicted octanol–water partition coefficient (Wildman–Crippen LogP) is -0.0726. The summed E-state index contributed by atoms with van der Waals surface area (Å²) in [4.78, 5) is 5.02. The zero-order valence-electron chi connectivity index (χ0n) is 11.5. The van der Waals surface area contributed by atoms with Crippen LogP contribution in [0, 0.1) is 0 Å². The molecule has 0 bridgehead atoms. The number of nitrogens with two attached hydrogens (primary N) is 1. The molecule has 2 rings (SSSR count). The fourth-order valence-electron chi connectivity index (χ4n) is 2.50. The molecule has 0 spiro atoms. The van der Waals surface area contributed by atoms with Gasteiger partial charge >= 0.3 is 0 Å². The van der Waals surface area contributed by atoms with Crippen molar-refractivity contribution in [3.8, 4) is 0 Å². The molecule has 0 aliphatic carbocycles. The molecule has 1 saturated heterocycles. The third-order valence-corrected chi connectivity index (χ3v) is 3.98. The van der Waals surface area contributed by atoms with E-state index < -0.39 is 0 Å². The molecular weight excluding hydrogens is 226 g/mol. The molecule has 0 saturated carbocycles. The summed E-state index contributed by atoms with van der Waals surface area (Å²) in [6, 6.07) is 2.62. The number of piperazine rings is 1. The van der Waals surface area contributed by atoms with Crippen LogP contribution in [0.2, 0.25) is 0 Å². The van der Waals surface area contributed by atoms with Crippen molar-refractivity contribution in [1.29, 1.82) is 0 Å². The largest absolute Gasteiger partial charge is 0.329 e. The topological polar surface area (TPSA) is 50.3 Å². The molecule has 2 N–H and O–H groups in total. The van der Waals surface area contributed by atoms with Crippen molar-refractivity contribution >= 4 is 0 Å². The van der Waals surface area contributed by atoms with Crippen LogP contribution in [0.5, 0.6) is 0 Å². The van der Waals surface area contributed by atoms with E-state index >= 15 is 0 Å². The quantitative estimate of drug-likeness (QED) is 0.796. The third kappa shape index (κ3) is 3.31. The first-order valence-corrected chi connectivity index (χ1v) is 6.84. The Bertz CT molecular complexity index is 354. The summed E-state index contributed by atoms with van der Waals surface area (Å²) in [6.07, 6.45) is 2.96. The molecule has 18 heavy (non-hydrogen) atoms. The van der Waals surface area contributed by atoms with E-state index in [-0.39, 0.29) is 0 Å². The zero-order valence-corrected chi connectivity index (χ0v) is 11.5. The Morgan fingerprint density at radius 2 is 2.06 bits per heavy atom. The Morgan fingerprint density at radius 3 is 2.61 bits per heavy atom. The average Bonchev–Trinajstić information content (AvgIpc) is 2.81. The van der Waals surface area contributed by atoms with Gasteiger partial charge in [0, 0.05) is 70.7 Å². The van der Waals surface area contributed by atoms with Crippen molar-refractivity contribution in [1.82, 2.24) is 19.6 Å². The summed E-state index contributed by atoms with van der Waals surface area (Å²) in [6.45, 7) is 8.70. The molecule has 1 aromatic rings. The number of aromatic nitrogens is 2. The molecular formula is C13H25N5. The molecule has 2 heterocycles. The van der Waals surface area contributed by atoms with E-state index in [1.807, 2.05) is 17.9 Å². The summed E-state index contributed by atoms with van der Waals surface area (Å²) in [5.41, 5.74) is 7.02. The van der Waals surface area contributed by atoms with Crippen molar-refractivity contribution in [2.75, 3.05) is 39.3 Å². The van der Waals surface area contributed by atoms with E-state index in [1.165, 1.54) is 5.69 Å². The van der Waals surface area contributed by atoms with Gasteiger partial charge in [-0.05, 0) is 13.0 Å². The van der Waals surface area contributed by atoms with Gasteiger partial charge in [0.1, 0.15) is 0 Å². The van der Waals surface area contributed by atoms with Crippen LogP contribution < -0.4 is 5.73 Å². The smallest absolute Gasteiger partial charge is 0.0492 e. The Kier molecular flexibility index (Phi) is 4.74. The second-order valence-corrected chi connectivity index (χ2v) is 5.16. The number of hydrogen-bond acceptors (Lipinski definition) is 4. The van der Waals surface area contributed by atoms with E-state index in [4.69, 9.17) is 5.73 Å². The van der Waals surface area contributed by atoms with Crippen molar-refractivity contribution in [2.45, 2.75) is 19.4 Å². The summed E-state index contributed by atoms with van der Waals surface area (Å²) in [5, 5.41) is 4.20. The minimum Gasteiger partial charge on any atom is -0.329 e. The average molecular weight is 251 g/mol. The molecule has 1 atom stereocenters. The van der Waals surface area contributed by atoms with Crippen molar-refractivity contribution in [3.63, 3.8) is 0 Å². The van der Waals surface area contributed by atoms with Crippen molar-refractivity contribution < 1.29 is 0 Å².